The third-order valence-corrected chi connectivity index (χ3v) is 4.25. The predicted octanol–water partition coefficient (Wildman–Crippen LogP) is 3.56. The van der Waals surface area contributed by atoms with Crippen LogP contribution in [0.2, 0.25) is 0 Å². The van der Waals surface area contributed by atoms with Gasteiger partial charge in [-0.25, -0.2) is 0 Å². The van der Waals surface area contributed by atoms with Crippen molar-refractivity contribution in [3.63, 3.8) is 0 Å². The summed E-state index contributed by atoms with van der Waals surface area (Å²) in [6, 6.07) is 12.7. The number of aryl methyl sites for hydroxylation is 1. The van der Waals surface area contributed by atoms with E-state index in [1.165, 1.54) is 0 Å². The highest BCUT2D eigenvalue weighted by Crippen LogP contribution is 2.19. The highest BCUT2D eigenvalue weighted by molar-refractivity contribution is 9.10. The van der Waals surface area contributed by atoms with E-state index in [0.29, 0.717) is 17.8 Å². The van der Waals surface area contributed by atoms with Gasteiger partial charge in [0.25, 0.3) is 5.91 Å². The van der Waals surface area contributed by atoms with E-state index in [1.54, 1.807) is 24.3 Å². The van der Waals surface area contributed by atoms with Crippen LogP contribution in [-0.2, 0) is 4.79 Å². The molecule has 2 amide bonds. The number of anilines is 2. The molecule has 0 aliphatic heterocycles. The van der Waals surface area contributed by atoms with E-state index in [-0.39, 0.29) is 18.4 Å². The van der Waals surface area contributed by atoms with E-state index < -0.39 is 0 Å². The van der Waals surface area contributed by atoms with Crippen molar-refractivity contribution in [1.82, 2.24) is 5.32 Å². The number of rotatable bonds is 6. The van der Waals surface area contributed by atoms with Gasteiger partial charge in [-0.2, -0.15) is 0 Å². The van der Waals surface area contributed by atoms with Crippen LogP contribution in [0.1, 0.15) is 22.8 Å². The Hall–Kier alpha value is -2.34. The Morgan fingerprint density at radius 2 is 1.88 bits per heavy atom. The van der Waals surface area contributed by atoms with Crippen molar-refractivity contribution in [2.24, 2.45) is 0 Å². The Balaban J connectivity index is 1.93. The number of carbonyl (C=O) groups is 2. The van der Waals surface area contributed by atoms with Gasteiger partial charge in [-0.05, 0) is 55.8 Å². The Morgan fingerprint density at radius 3 is 2.58 bits per heavy atom. The highest BCUT2D eigenvalue weighted by Gasteiger charge is 2.07. The van der Waals surface area contributed by atoms with E-state index in [0.717, 1.165) is 15.7 Å². The quantitative estimate of drug-likeness (QED) is 0.707. The number of carbonyl (C=O) groups excluding carboxylic acids is 2. The lowest BCUT2D eigenvalue weighted by atomic mass is 10.2. The van der Waals surface area contributed by atoms with Crippen molar-refractivity contribution in [2.45, 2.75) is 13.8 Å². The molecule has 3 N–H and O–H groups in total. The maximum absolute atomic E-state index is 12.1. The van der Waals surface area contributed by atoms with E-state index in [1.807, 2.05) is 32.0 Å². The maximum atomic E-state index is 12.1. The van der Waals surface area contributed by atoms with Gasteiger partial charge < -0.3 is 16.0 Å². The van der Waals surface area contributed by atoms with Gasteiger partial charge in [0, 0.05) is 28.0 Å². The zero-order chi connectivity index (χ0) is 17.5. The summed E-state index contributed by atoms with van der Waals surface area (Å²) in [5.41, 5.74) is 3.08. The summed E-state index contributed by atoms with van der Waals surface area (Å²) in [4.78, 5) is 23.9. The van der Waals surface area contributed by atoms with Gasteiger partial charge in [0.05, 0.1) is 6.54 Å². The van der Waals surface area contributed by atoms with Crippen molar-refractivity contribution in [3.8, 4) is 0 Å². The first-order chi connectivity index (χ1) is 11.5. The first kappa shape index (κ1) is 18.0. The number of hydrogen-bond donors (Lipinski definition) is 3. The van der Waals surface area contributed by atoms with Crippen LogP contribution in [0.5, 0.6) is 0 Å². The molecule has 0 fully saturated rings. The zero-order valence-electron chi connectivity index (χ0n) is 13.7. The third-order valence-electron chi connectivity index (χ3n) is 3.36. The lowest BCUT2D eigenvalue weighted by Gasteiger charge is -2.10. The average molecular weight is 390 g/mol. The van der Waals surface area contributed by atoms with E-state index in [4.69, 9.17) is 0 Å². The highest BCUT2D eigenvalue weighted by atomic mass is 79.9. The van der Waals surface area contributed by atoms with Gasteiger partial charge in [-0.3, -0.25) is 9.59 Å². The molecule has 0 atom stereocenters. The monoisotopic (exact) mass is 389 g/mol. The molecule has 0 spiro atoms. The lowest BCUT2D eigenvalue weighted by molar-refractivity contribution is -0.114. The van der Waals surface area contributed by atoms with Crippen molar-refractivity contribution >= 4 is 39.1 Å². The Kier molecular flexibility index (Phi) is 6.37. The third kappa shape index (κ3) is 5.09. The van der Waals surface area contributed by atoms with Gasteiger partial charge in [0.1, 0.15) is 0 Å². The lowest BCUT2D eigenvalue weighted by Crippen LogP contribution is -2.24. The fraction of sp³-hybridized carbons (Fsp3) is 0.222. The van der Waals surface area contributed by atoms with Gasteiger partial charge in [-0.1, -0.05) is 22.0 Å². The summed E-state index contributed by atoms with van der Waals surface area (Å²) in [6.07, 6.45) is 0. The van der Waals surface area contributed by atoms with Gasteiger partial charge in [-0.15, -0.1) is 0 Å². The van der Waals surface area contributed by atoms with Crippen LogP contribution >= 0.6 is 15.9 Å². The number of hydrogen-bond acceptors (Lipinski definition) is 3. The van der Waals surface area contributed by atoms with E-state index >= 15 is 0 Å². The standard InChI is InChI=1S/C18H20BrN3O2/c1-3-20-18(24)13-5-4-6-15(10-13)22-17(23)11-21-14-7-8-16(19)12(2)9-14/h4-10,21H,3,11H2,1-2H3,(H,20,24)(H,22,23). The molecule has 0 aliphatic carbocycles. The van der Waals surface area contributed by atoms with Crippen LogP contribution in [0.15, 0.2) is 46.9 Å². The molecular weight excluding hydrogens is 370 g/mol. The van der Waals surface area contributed by atoms with Gasteiger partial charge in [0.15, 0.2) is 0 Å². The molecule has 2 aromatic carbocycles. The number of halogens is 1. The SMILES string of the molecule is CCNC(=O)c1cccc(NC(=O)CNc2ccc(Br)c(C)c2)c1. The Labute approximate surface area is 150 Å². The van der Waals surface area contributed by atoms with Crippen molar-refractivity contribution in [2.75, 3.05) is 23.7 Å². The molecule has 126 valence electrons. The molecule has 0 radical (unpaired) electrons. The van der Waals surface area contributed by atoms with Gasteiger partial charge in [0.2, 0.25) is 5.91 Å². The second kappa shape index (κ2) is 8.49. The summed E-state index contributed by atoms with van der Waals surface area (Å²) >= 11 is 3.44. The van der Waals surface area contributed by atoms with Crippen molar-refractivity contribution < 1.29 is 9.59 Å². The fourth-order valence-corrected chi connectivity index (χ4v) is 2.39. The fourth-order valence-electron chi connectivity index (χ4n) is 2.14. The molecule has 0 saturated heterocycles. The molecule has 0 aliphatic rings. The molecule has 0 bridgehead atoms. The molecule has 0 aromatic heterocycles. The van der Waals surface area contributed by atoms with Crippen molar-refractivity contribution in [3.05, 3.63) is 58.1 Å². The van der Waals surface area contributed by atoms with Crippen LogP contribution in [0, 0.1) is 6.92 Å². The molecule has 0 heterocycles. The summed E-state index contributed by atoms with van der Waals surface area (Å²) in [6.45, 7) is 4.56. The molecule has 2 rings (SSSR count). The minimum Gasteiger partial charge on any atom is -0.376 e. The average Bonchev–Trinajstić information content (AvgIpc) is 2.56. The number of nitrogens with one attached hydrogen (secondary N) is 3. The maximum Gasteiger partial charge on any atom is 0.251 e. The van der Waals surface area contributed by atoms with Crippen LogP contribution < -0.4 is 16.0 Å². The van der Waals surface area contributed by atoms with Crippen LogP contribution in [-0.4, -0.2) is 24.9 Å². The summed E-state index contributed by atoms with van der Waals surface area (Å²) < 4.78 is 1.03. The second-order valence-corrected chi connectivity index (χ2v) is 6.16. The van der Waals surface area contributed by atoms with Crippen LogP contribution in [0.25, 0.3) is 0 Å². The summed E-state index contributed by atoms with van der Waals surface area (Å²) in [7, 11) is 0. The normalized spacial score (nSPS) is 10.1. The molecule has 6 heteroatoms. The zero-order valence-corrected chi connectivity index (χ0v) is 15.2. The molecule has 0 saturated carbocycles. The van der Waals surface area contributed by atoms with E-state index in [2.05, 4.69) is 31.9 Å². The molecule has 2 aromatic rings. The molecule has 24 heavy (non-hydrogen) atoms. The minimum absolute atomic E-state index is 0.145. The molecule has 5 nitrogen and oxygen atoms in total. The number of benzene rings is 2. The molecular formula is C18H20BrN3O2. The topological polar surface area (TPSA) is 70.2 Å². The smallest absolute Gasteiger partial charge is 0.251 e. The first-order valence-corrected chi connectivity index (χ1v) is 8.47. The second-order valence-electron chi connectivity index (χ2n) is 5.31. The minimum atomic E-state index is -0.177. The predicted molar refractivity (Wildman–Crippen MR) is 100 cm³/mol. The van der Waals surface area contributed by atoms with Crippen molar-refractivity contribution in [1.29, 1.82) is 0 Å². The number of amides is 2. The van der Waals surface area contributed by atoms with Crippen LogP contribution in [0.4, 0.5) is 11.4 Å². The summed E-state index contributed by atoms with van der Waals surface area (Å²) in [5, 5.41) is 8.59. The first-order valence-electron chi connectivity index (χ1n) is 7.67. The Bertz CT molecular complexity index is 747. The Morgan fingerprint density at radius 1 is 1.08 bits per heavy atom. The van der Waals surface area contributed by atoms with Gasteiger partial charge >= 0.3 is 0 Å². The largest absolute Gasteiger partial charge is 0.376 e. The molecule has 0 unspecified atom stereocenters. The summed E-state index contributed by atoms with van der Waals surface area (Å²) in [5.74, 6) is -0.333. The van der Waals surface area contributed by atoms with E-state index in [9.17, 15) is 9.59 Å². The van der Waals surface area contributed by atoms with Crippen LogP contribution in [0.3, 0.4) is 0 Å².